The van der Waals surface area contributed by atoms with E-state index in [9.17, 15) is 4.79 Å². The van der Waals surface area contributed by atoms with Gasteiger partial charge in [-0.2, -0.15) is 0 Å². The predicted octanol–water partition coefficient (Wildman–Crippen LogP) is 5.87. The number of hydrogen-bond donors (Lipinski definition) is 1. The molecule has 2 heterocycles. The second kappa shape index (κ2) is 9.21. The average molecular weight is 442 g/mol. The number of aryl methyl sites for hydroxylation is 1. The van der Waals surface area contributed by atoms with E-state index in [2.05, 4.69) is 22.1 Å². The van der Waals surface area contributed by atoms with Gasteiger partial charge in [0.1, 0.15) is 0 Å². The maximum atomic E-state index is 13.0. The number of halogens is 3. The lowest BCUT2D eigenvalue weighted by Crippen LogP contribution is -2.46. The number of amides is 2. The van der Waals surface area contributed by atoms with Gasteiger partial charge in [-0.3, -0.25) is 4.98 Å². The molecule has 8 heteroatoms. The van der Waals surface area contributed by atoms with Gasteiger partial charge in [0.15, 0.2) is 0 Å². The van der Waals surface area contributed by atoms with Crippen LogP contribution < -0.4 is 10.2 Å². The Morgan fingerprint density at radius 2 is 1.89 bits per heavy atom. The Hall–Kier alpha value is -1.69. The fourth-order valence-corrected chi connectivity index (χ4v) is 4.24. The van der Waals surface area contributed by atoms with Crippen LogP contribution in [0.1, 0.15) is 25.3 Å². The fraction of sp³-hybridized carbons (Fsp3) is 0.400. The second-order valence-electron chi connectivity index (χ2n) is 6.90. The lowest BCUT2D eigenvalue weighted by Gasteiger charge is -2.32. The summed E-state index contributed by atoms with van der Waals surface area (Å²) in [5, 5.41) is 4.65. The molecule has 1 aromatic heterocycles. The van der Waals surface area contributed by atoms with Gasteiger partial charge in [0, 0.05) is 42.7 Å². The molecule has 1 aliphatic heterocycles. The first-order valence-electron chi connectivity index (χ1n) is 9.28. The van der Waals surface area contributed by atoms with Crippen molar-refractivity contribution >= 4 is 52.2 Å². The van der Waals surface area contributed by atoms with Crippen molar-refractivity contribution in [3.63, 3.8) is 0 Å². The number of urea groups is 1. The summed E-state index contributed by atoms with van der Waals surface area (Å²) in [6.45, 7) is 6.08. The monoisotopic (exact) mass is 440 g/mol. The van der Waals surface area contributed by atoms with E-state index < -0.39 is 0 Å². The summed E-state index contributed by atoms with van der Waals surface area (Å²) in [5.74, 6) is 0. The third kappa shape index (κ3) is 4.65. The summed E-state index contributed by atoms with van der Waals surface area (Å²) in [5.41, 5.74) is 2.45. The summed E-state index contributed by atoms with van der Waals surface area (Å²) < 4.78 is 0. The van der Waals surface area contributed by atoms with Crippen LogP contribution in [0.4, 0.5) is 16.2 Å². The second-order valence-corrected chi connectivity index (χ2v) is 8.12. The van der Waals surface area contributed by atoms with Gasteiger partial charge in [-0.1, -0.05) is 47.8 Å². The quantitative estimate of drug-likeness (QED) is 0.647. The summed E-state index contributed by atoms with van der Waals surface area (Å²) in [6.07, 6.45) is 4.83. The highest BCUT2D eigenvalue weighted by Crippen LogP contribution is 2.34. The molecule has 150 valence electrons. The van der Waals surface area contributed by atoms with Gasteiger partial charge in [0.2, 0.25) is 0 Å². The molecule has 1 unspecified atom stereocenters. The van der Waals surface area contributed by atoms with Crippen molar-refractivity contribution in [3.05, 3.63) is 51.2 Å². The van der Waals surface area contributed by atoms with Crippen LogP contribution in [-0.2, 0) is 0 Å². The minimum atomic E-state index is -0.124. The Bertz CT molecular complexity index is 841. The molecule has 0 aliphatic carbocycles. The molecule has 3 rings (SSSR count). The van der Waals surface area contributed by atoms with Crippen molar-refractivity contribution in [1.82, 2.24) is 9.88 Å². The molecule has 1 aliphatic rings. The van der Waals surface area contributed by atoms with Crippen molar-refractivity contribution in [2.75, 3.05) is 29.9 Å². The van der Waals surface area contributed by atoms with Gasteiger partial charge in [-0.05, 0) is 37.5 Å². The lowest BCUT2D eigenvalue weighted by atomic mass is 10.2. The number of nitrogens with zero attached hydrogens (tertiary/aromatic N) is 3. The summed E-state index contributed by atoms with van der Waals surface area (Å²) >= 11 is 18.9. The largest absolute Gasteiger partial charge is 0.367 e. The van der Waals surface area contributed by atoms with Crippen molar-refractivity contribution < 1.29 is 4.79 Å². The van der Waals surface area contributed by atoms with Crippen molar-refractivity contribution in [2.24, 2.45) is 0 Å². The van der Waals surface area contributed by atoms with Crippen LogP contribution in [0, 0.1) is 6.92 Å². The number of benzene rings is 1. The summed E-state index contributed by atoms with van der Waals surface area (Å²) in [7, 11) is 0. The van der Waals surface area contributed by atoms with E-state index in [0.29, 0.717) is 33.8 Å². The van der Waals surface area contributed by atoms with Crippen LogP contribution in [0.2, 0.25) is 15.1 Å². The predicted molar refractivity (Wildman–Crippen MR) is 117 cm³/mol. The molecule has 0 spiro atoms. The van der Waals surface area contributed by atoms with E-state index in [4.69, 9.17) is 34.8 Å². The molecule has 2 aromatic rings. The molecule has 5 nitrogen and oxygen atoms in total. The lowest BCUT2D eigenvalue weighted by molar-refractivity contribution is 0.191. The Morgan fingerprint density at radius 3 is 2.54 bits per heavy atom. The first kappa shape index (κ1) is 21.0. The first-order chi connectivity index (χ1) is 13.4. The van der Waals surface area contributed by atoms with Crippen molar-refractivity contribution in [2.45, 2.75) is 32.7 Å². The molecule has 2 amide bonds. The minimum absolute atomic E-state index is 0.0312. The van der Waals surface area contributed by atoms with E-state index in [0.717, 1.165) is 30.6 Å². The van der Waals surface area contributed by atoms with Gasteiger partial charge >= 0.3 is 6.03 Å². The Labute approximate surface area is 180 Å². The summed E-state index contributed by atoms with van der Waals surface area (Å²) in [6, 6.07) is 5.44. The minimum Gasteiger partial charge on any atom is -0.367 e. The van der Waals surface area contributed by atoms with Crippen LogP contribution in [0.15, 0.2) is 30.6 Å². The van der Waals surface area contributed by atoms with Gasteiger partial charge in [0.05, 0.1) is 21.8 Å². The summed E-state index contributed by atoms with van der Waals surface area (Å²) in [4.78, 5) is 21.0. The number of carbonyl (C=O) groups is 1. The molecule has 0 radical (unpaired) electrons. The SMILES string of the molecule is CCC1CN(c2c(Cl)cncc2Cl)CCCN1C(=O)Nc1ccc(C)c(Cl)c1. The topological polar surface area (TPSA) is 48.5 Å². The number of rotatable bonds is 3. The van der Waals surface area contributed by atoms with Crippen LogP contribution in [0.5, 0.6) is 0 Å². The zero-order chi connectivity index (χ0) is 20.3. The van der Waals surface area contributed by atoms with Crippen LogP contribution >= 0.6 is 34.8 Å². The number of hydrogen-bond acceptors (Lipinski definition) is 3. The molecule has 28 heavy (non-hydrogen) atoms. The molecule has 1 saturated heterocycles. The highest BCUT2D eigenvalue weighted by atomic mass is 35.5. The number of anilines is 2. The van der Waals surface area contributed by atoms with Gasteiger partial charge in [-0.15, -0.1) is 0 Å². The third-order valence-corrected chi connectivity index (χ3v) is 5.96. The maximum absolute atomic E-state index is 13.0. The highest BCUT2D eigenvalue weighted by Gasteiger charge is 2.29. The third-order valence-electron chi connectivity index (χ3n) is 5.00. The van der Waals surface area contributed by atoms with Crippen molar-refractivity contribution in [1.29, 1.82) is 0 Å². The van der Waals surface area contributed by atoms with Crippen LogP contribution in [0.3, 0.4) is 0 Å². The van der Waals surface area contributed by atoms with E-state index in [1.54, 1.807) is 18.5 Å². The highest BCUT2D eigenvalue weighted by molar-refractivity contribution is 6.38. The molecule has 1 N–H and O–H groups in total. The maximum Gasteiger partial charge on any atom is 0.322 e. The smallest absolute Gasteiger partial charge is 0.322 e. The molecule has 0 saturated carbocycles. The number of pyridine rings is 1. The Kier molecular flexibility index (Phi) is 6.91. The standard InChI is InChI=1S/C20H23Cl3N4O/c1-3-15-12-26(19-17(22)10-24-11-18(19)23)7-4-8-27(15)20(28)25-14-6-5-13(2)16(21)9-14/h5-6,9-11,15H,3-4,7-8,12H2,1-2H3,(H,25,28). The first-order valence-corrected chi connectivity index (χ1v) is 10.4. The molecular formula is C20H23Cl3N4O. The Balaban J connectivity index is 1.77. The molecule has 0 bridgehead atoms. The van der Waals surface area contributed by atoms with E-state index in [-0.39, 0.29) is 12.1 Å². The van der Waals surface area contributed by atoms with Gasteiger partial charge < -0.3 is 15.1 Å². The number of carbonyl (C=O) groups excluding carboxylic acids is 1. The molecule has 1 aromatic carbocycles. The van der Waals surface area contributed by atoms with Crippen molar-refractivity contribution in [3.8, 4) is 0 Å². The van der Waals surface area contributed by atoms with Gasteiger partial charge in [-0.25, -0.2) is 4.79 Å². The normalized spacial score (nSPS) is 17.4. The van der Waals surface area contributed by atoms with E-state index >= 15 is 0 Å². The number of nitrogens with one attached hydrogen (secondary N) is 1. The van der Waals surface area contributed by atoms with Crippen LogP contribution in [0.25, 0.3) is 0 Å². The van der Waals surface area contributed by atoms with E-state index in [1.165, 1.54) is 0 Å². The van der Waals surface area contributed by atoms with Crippen LogP contribution in [-0.4, -0.2) is 41.6 Å². The molecular weight excluding hydrogens is 419 g/mol. The van der Waals surface area contributed by atoms with E-state index in [1.807, 2.05) is 24.0 Å². The van der Waals surface area contributed by atoms with Gasteiger partial charge in [0.25, 0.3) is 0 Å². The fourth-order valence-electron chi connectivity index (χ4n) is 3.45. The molecule has 1 fully saturated rings. The zero-order valence-electron chi connectivity index (χ0n) is 15.9. The Morgan fingerprint density at radius 1 is 1.18 bits per heavy atom. The zero-order valence-corrected chi connectivity index (χ0v) is 18.2. The molecule has 1 atom stereocenters. The average Bonchev–Trinajstić information content (AvgIpc) is 2.87. The number of aromatic nitrogens is 1.